The van der Waals surface area contributed by atoms with Gasteiger partial charge in [0.1, 0.15) is 5.82 Å². The number of rotatable bonds is 8. The first kappa shape index (κ1) is 18.0. The average molecular weight is 367 g/mol. The van der Waals surface area contributed by atoms with Crippen LogP contribution in [0, 0.1) is 5.82 Å². The number of hydrazone groups is 1. The molecule has 0 amide bonds. The van der Waals surface area contributed by atoms with E-state index in [0.29, 0.717) is 22.9 Å². The molecule has 1 heterocycles. The summed E-state index contributed by atoms with van der Waals surface area (Å²) >= 11 is 1.46. The van der Waals surface area contributed by atoms with Gasteiger partial charge in [-0.3, -0.25) is 5.43 Å². The third-order valence-electron chi connectivity index (χ3n) is 3.52. The lowest BCUT2D eigenvalue weighted by Gasteiger charge is -2.04. The van der Waals surface area contributed by atoms with E-state index in [1.54, 1.807) is 24.4 Å². The number of ether oxygens (including phenoxy) is 1. The van der Waals surface area contributed by atoms with Crippen molar-refractivity contribution in [1.82, 2.24) is 4.98 Å². The maximum atomic E-state index is 14.0. The molecular formula is C20H18FN3OS. The zero-order valence-electron chi connectivity index (χ0n) is 14.1. The maximum Gasteiger partial charge on any atom is 0.203 e. The van der Waals surface area contributed by atoms with Crippen LogP contribution in [0.5, 0.6) is 0 Å². The third kappa shape index (κ3) is 4.84. The van der Waals surface area contributed by atoms with Crippen LogP contribution >= 0.6 is 11.3 Å². The van der Waals surface area contributed by atoms with Gasteiger partial charge in [-0.25, -0.2) is 9.37 Å². The van der Waals surface area contributed by atoms with E-state index in [0.717, 1.165) is 11.3 Å². The summed E-state index contributed by atoms with van der Waals surface area (Å²) in [7, 11) is 0. The molecule has 2 aromatic carbocycles. The molecule has 0 saturated carbocycles. The van der Waals surface area contributed by atoms with E-state index in [2.05, 4.69) is 22.1 Å². The Balaban J connectivity index is 1.59. The zero-order chi connectivity index (χ0) is 18.2. The molecule has 0 aliphatic rings. The summed E-state index contributed by atoms with van der Waals surface area (Å²) in [5.41, 5.74) is 5.98. The zero-order valence-corrected chi connectivity index (χ0v) is 14.9. The molecule has 1 aromatic heterocycles. The molecule has 0 atom stereocenters. The van der Waals surface area contributed by atoms with Gasteiger partial charge in [-0.15, -0.1) is 17.9 Å². The van der Waals surface area contributed by atoms with Crippen molar-refractivity contribution in [3.63, 3.8) is 0 Å². The molecule has 0 unspecified atom stereocenters. The third-order valence-corrected chi connectivity index (χ3v) is 4.26. The van der Waals surface area contributed by atoms with Gasteiger partial charge in [-0.1, -0.05) is 48.5 Å². The highest BCUT2D eigenvalue weighted by Gasteiger charge is 2.04. The minimum atomic E-state index is -0.321. The van der Waals surface area contributed by atoms with Gasteiger partial charge in [0.05, 0.1) is 25.1 Å². The van der Waals surface area contributed by atoms with E-state index in [4.69, 9.17) is 4.74 Å². The standard InChI is InChI=1S/C20H18FN3OS/c1-2-10-25-13-17-9-8-15(11-18(17)21)12-22-24-20-23-19(14-26-20)16-6-4-3-5-7-16/h2-9,11-12,14H,1,10,13H2,(H,23,24). The lowest BCUT2D eigenvalue weighted by molar-refractivity contribution is 0.146. The summed E-state index contributed by atoms with van der Waals surface area (Å²) in [5.74, 6) is -0.321. The predicted molar refractivity (Wildman–Crippen MR) is 105 cm³/mol. The van der Waals surface area contributed by atoms with Crippen molar-refractivity contribution >= 4 is 22.7 Å². The van der Waals surface area contributed by atoms with Crippen LogP contribution in [-0.2, 0) is 11.3 Å². The molecule has 3 aromatic rings. The van der Waals surface area contributed by atoms with Crippen LogP contribution in [0.3, 0.4) is 0 Å². The fourth-order valence-corrected chi connectivity index (χ4v) is 2.91. The van der Waals surface area contributed by atoms with E-state index < -0.39 is 0 Å². The summed E-state index contributed by atoms with van der Waals surface area (Å²) in [6, 6.07) is 14.8. The smallest absolute Gasteiger partial charge is 0.203 e. The summed E-state index contributed by atoms with van der Waals surface area (Å²) in [4.78, 5) is 4.48. The van der Waals surface area contributed by atoms with E-state index in [1.807, 2.05) is 35.7 Å². The van der Waals surface area contributed by atoms with Crippen molar-refractivity contribution < 1.29 is 9.13 Å². The van der Waals surface area contributed by atoms with E-state index in [1.165, 1.54) is 17.4 Å². The molecule has 3 rings (SSSR count). The predicted octanol–water partition coefficient (Wildman–Crippen LogP) is 5.10. The molecule has 132 valence electrons. The summed E-state index contributed by atoms with van der Waals surface area (Å²) < 4.78 is 19.3. The van der Waals surface area contributed by atoms with Crippen molar-refractivity contribution in [1.29, 1.82) is 0 Å². The molecule has 0 aliphatic heterocycles. The maximum absolute atomic E-state index is 14.0. The second-order valence-electron chi connectivity index (χ2n) is 5.43. The molecule has 6 heteroatoms. The van der Waals surface area contributed by atoms with Crippen LogP contribution < -0.4 is 5.43 Å². The van der Waals surface area contributed by atoms with Gasteiger partial charge in [0.25, 0.3) is 0 Å². The highest BCUT2D eigenvalue weighted by atomic mass is 32.1. The monoisotopic (exact) mass is 367 g/mol. The fraction of sp³-hybridized carbons (Fsp3) is 0.100. The fourth-order valence-electron chi connectivity index (χ4n) is 2.24. The second-order valence-corrected chi connectivity index (χ2v) is 6.29. The number of thiazole rings is 1. The number of nitrogens with one attached hydrogen (secondary N) is 1. The lowest BCUT2D eigenvalue weighted by Crippen LogP contribution is -1.98. The quantitative estimate of drug-likeness (QED) is 0.261. The van der Waals surface area contributed by atoms with Crippen LogP contribution in [0.15, 0.2) is 71.7 Å². The first-order valence-corrected chi connectivity index (χ1v) is 8.91. The number of halogens is 1. The summed E-state index contributed by atoms with van der Waals surface area (Å²) in [6.45, 7) is 4.17. The average Bonchev–Trinajstić information content (AvgIpc) is 3.13. The Bertz CT molecular complexity index is 893. The number of aromatic nitrogens is 1. The van der Waals surface area contributed by atoms with Crippen molar-refractivity contribution in [3.8, 4) is 11.3 Å². The molecule has 0 bridgehead atoms. The van der Waals surface area contributed by atoms with E-state index in [9.17, 15) is 4.39 Å². The first-order chi connectivity index (χ1) is 12.8. The van der Waals surface area contributed by atoms with Crippen LogP contribution in [0.2, 0.25) is 0 Å². The van der Waals surface area contributed by atoms with Gasteiger partial charge >= 0.3 is 0 Å². The molecule has 0 spiro atoms. The van der Waals surface area contributed by atoms with Gasteiger partial charge in [-0.2, -0.15) is 5.10 Å². The Morgan fingerprint density at radius 2 is 2.08 bits per heavy atom. The van der Waals surface area contributed by atoms with Crippen LogP contribution in [-0.4, -0.2) is 17.8 Å². The van der Waals surface area contributed by atoms with Crippen molar-refractivity contribution in [3.05, 3.63) is 83.5 Å². The van der Waals surface area contributed by atoms with Crippen molar-refractivity contribution in [2.24, 2.45) is 5.10 Å². The summed E-state index contributed by atoms with van der Waals surface area (Å²) in [5, 5.41) is 6.77. The molecular weight excluding hydrogens is 349 g/mol. The van der Waals surface area contributed by atoms with Crippen LogP contribution in [0.1, 0.15) is 11.1 Å². The molecule has 4 nitrogen and oxygen atoms in total. The van der Waals surface area contributed by atoms with Gasteiger partial charge in [0.2, 0.25) is 5.13 Å². The van der Waals surface area contributed by atoms with E-state index >= 15 is 0 Å². The number of nitrogens with zero attached hydrogens (tertiary/aromatic N) is 2. The van der Waals surface area contributed by atoms with Crippen LogP contribution in [0.4, 0.5) is 9.52 Å². The molecule has 0 saturated heterocycles. The number of anilines is 1. The molecule has 1 N–H and O–H groups in total. The Hall–Kier alpha value is -2.83. The number of hydrogen-bond donors (Lipinski definition) is 1. The molecule has 0 aliphatic carbocycles. The van der Waals surface area contributed by atoms with Crippen LogP contribution in [0.25, 0.3) is 11.3 Å². The number of benzene rings is 2. The Morgan fingerprint density at radius 3 is 2.85 bits per heavy atom. The van der Waals surface area contributed by atoms with Crippen molar-refractivity contribution in [2.75, 3.05) is 12.0 Å². The minimum absolute atomic E-state index is 0.217. The Labute approximate surface area is 155 Å². The second kappa shape index (κ2) is 9.03. The Kier molecular flexibility index (Phi) is 6.24. The van der Waals surface area contributed by atoms with Gasteiger partial charge < -0.3 is 4.74 Å². The highest BCUT2D eigenvalue weighted by molar-refractivity contribution is 7.14. The van der Waals surface area contributed by atoms with E-state index in [-0.39, 0.29) is 12.4 Å². The van der Waals surface area contributed by atoms with Crippen molar-refractivity contribution in [2.45, 2.75) is 6.61 Å². The molecule has 0 radical (unpaired) electrons. The minimum Gasteiger partial charge on any atom is -0.373 e. The number of hydrogen-bond acceptors (Lipinski definition) is 5. The summed E-state index contributed by atoms with van der Waals surface area (Å²) in [6.07, 6.45) is 3.19. The lowest BCUT2D eigenvalue weighted by atomic mass is 10.1. The molecule has 0 fully saturated rings. The SMILES string of the molecule is C=CCOCc1ccc(C=NNc2nc(-c3ccccc3)cs2)cc1F. The van der Waals surface area contributed by atoms with Gasteiger partial charge in [0.15, 0.2) is 0 Å². The topological polar surface area (TPSA) is 46.5 Å². The first-order valence-electron chi connectivity index (χ1n) is 8.03. The largest absolute Gasteiger partial charge is 0.373 e. The highest BCUT2D eigenvalue weighted by Crippen LogP contribution is 2.24. The molecule has 26 heavy (non-hydrogen) atoms. The van der Waals surface area contributed by atoms with Gasteiger partial charge in [0, 0.05) is 16.5 Å². The van der Waals surface area contributed by atoms with Gasteiger partial charge in [-0.05, 0) is 11.6 Å². The Morgan fingerprint density at radius 1 is 1.23 bits per heavy atom. The normalized spacial score (nSPS) is 11.0.